The number of aromatic nitrogens is 3. The first-order valence-corrected chi connectivity index (χ1v) is 12.2. The molecule has 2 aromatic rings. The van der Waals surface area contributed by atoms with Gasteiger partial charge in [0.15, 0.2) is 5.82 Å². The van der Waals surface area contributed by atoms with Crippen LogP contribution in [0.5, 0.6) is 0 Å². The van der Waals surface area contributed by atoms with Gasteiger partial charge in [0.25, 0.3) is 5.56 Å². The molecule has 188 valence electrons. The number of hydrogen-bond acceptors (Lipinski definition) is 6. The topological polar surface area (TPSA) is 101 Å². The van der Waals surface area contributed by atoms with E-state index >= 15 is 0 Å². The minimum atomic E-state index is -0.294. The monoisotopic (exact) mass is 478 g/mol. The highest BCUT2D eigenvalue weighted by Crippen LogP contribution is 2.16. The van der Waals surface area contributed by atoms with Gasteiger partial charge in [0, 0.05) is 31.2 Å². The fourth-order valence-corrected chi connectivity index (χ4v) is 3.65. The van der Waals surface area contributed by atoms with Crippen molar-refractivity contribution < 1.29 is 4.79 Å². The van der Waals surface area contributed by atoms with Crippen molar-refractivity contribution in [1.29, 1.82) is 0 Å². The van der Waals surface area contributed by atoms with Crippen LogP contribution in [0.1, 0.15) is 56.4 Å². The molecule has 1 aliphatic carbocycles. The standard InChI is InChI=1S/C25H32N6O2.C2H6/c1-4-26-23-18(2)13-21(16-30-23)15-28-22(32)17-31-19(3)14-29-24(25(31)33)27-12-11-20-9-7-5-6-8-10-20;1-2/h4-5,7,9,13-14,16H,1,6,8,10-12,15,17H2,2-3H3,(H,26,30)(H,27,29)(H,28,32);1-2H3. The molecule has 35 heavy (non-hydrogen) atoms. The van der Waals surface area contributed by atoms with E-state index in [9.17, 15) is 9.59 Å². The molecule has 0 aliphatic heterocycles. The van der Waals surface area contributed by atoms with Crippen molar-refractivity contribution in [3.05, 3.63) is 82.2 Å². The van der Waals surface area contributed by atoms with Crippen LogP contribution in [-0.2, 0) is 17.9 Å². The maximum Gasteiger partial charge on any atom is 0.293 e. The van der Waals surface area contributed by atoms with Crippen molar-refractivity contribution in [3.8, 4) is 0 Å². The molecule has 0 saturated heterocycles. The zero-order valence-electron chi connectivity index (χ0n) is 21.4. The summed E-state index contributed by atoms with van der Waals surface area (Å²) in [7, 11) is 0. The predicted molar refractivity (Wildman–Crippen MR) is 143 cm³/mol. The molecular formula is C27H38N6O2. The highest BCUT2D eigenvalue weighted by molar-refractivity contribution is 5.75. The van der Waals surface area contributed by atoms with Crippen molar-refractivity contribution in [1.82, 2.24) is 19.9 Å². The third-order valence-electron chi connectivity index (χ3n) is 5.49. The average molecular weight is 479 g/mol. The summed E-state index contributed by atoms with van der Waals surface area (Å²) in [6.45, 7) is 12.2. The molecule has 0 unspecified atom stereocenters. The fourth-order valence-electron chi connectivity index (χ4n) is 3.65. The number of aryl methyl sites for hydroxylation is 2. The van der Waals surface area contributed by atoms with Gasteiger partial charge in [0.1, 0.15) is 12.4 Å². The van der Waals surface area contributed by atoms with Gasteiger partial charge < -0.3 is 16.0 Å². The molecule has 0 spiro atoms. The smallest absolute Gasteiger partial charge is 0.293 e. The zero-order valence-corrected chi connectivity index (χ0v) is 21.4. The fraction of sp³-hybridized carbons (Fsp3) is 0.407. The lowest BCUT2D eigenvalue weighted by molar-refractivity contribution is -0.121. The normalized spacial score (nSPS) is 12.5. The van der Waals surface area contributed by atoms with E-state index < -0.39 is 0 Å². The number of carbonyl (C=O) groups is 1. The number of amides is 1. The second kappa shape index (κ2) is 14.6. The number of allylic oxidation sites excluding steroid dienone is 3. The molecule has 0 fully saturated rings. The van der Waals surface area contributed by atoms with E-state index in [2.05, 4.69) is 50.7 Å². The molecule has 8 nitrogen and oxygen atoms in total. The first-order valence-electron chi connectivity index (χ1n) is 12.2. The van der Waals surface area contributed by atoms with Gasteiger partial charge in [0.05, 0.1) is 0 Å². The number of nitrogens with zero attached hydrogens (tertiary/aromatic N) is 3. The Morgan fingerprint density at radius 3 is 2.71 bits per heavy atom. The van der Waals surface area contributed by atoms with Gasteiger partial charge in [-0.1, -0.05) is 44.2 Å². The molecule has 0 aromatic carbocycles. The van der Waals surface area contributed by atoms with Crippen LogP contribution in [0.2, 0.25) is 0 Å². The van der Waals surface area contributed by atoms with E-state index in [4.69, 9.17) is 0 Å². The molecule has 2 aromatic heterocycles. The van der Waals surface area contributed by atoms with Crippen LogP contribution in [0.25, 0.3) is 0 Å². The second-order valence-electron chi connectivity index (χ2n) is 8.10. The maximum absolute atomic E-state index is 12.9. The van der Waals surface area contributed by atoms with Crippen LogP contribution in [0.15, 0.2) is 59.8 Å². The summed E-state index contributed by atoms with van der Waals surface area (Å²) in [5.74, 6) is 0.743. The van der Waals surface area contributed by atoms with E-state index in [0.29, 0.717) is 18.8 Å². The summed E-state index contributed by atoms with van der Waals surface area (Å²) >= 11 is 0. The summed E-state index contributed by atoms with van der Waals surface area (Å²) in [6, 6.07) is 1.95. The number of anilines is 2. The van der Waals surface area contributed by atoms with Gasteiger partial charge in [0.2, 0.25) is 5.91 Å². The van der Waals surface area contributed by atoms with Crippen LogP contribution >= 0.6 is 0 Å². The SMILES string of the molecule is C=CNc1ncc(CNC(=O)Cn2c(C)cnc(NCCC3=CC=CCCC3)c2=O)cc1C.CC. The molecular weight excluding hydrogens is 440 g/mol. The van der Waals surface area contributed by atoms with Crippen LogP contribution < -0.4 is 21.5 Å². The highest BCUT2D eigenvalue weighted by atomic mass is 16.2. The summed E-state index contributed by atoms with van der Waals surface area (Å²) in [5.41, 5.74) is 3.53. The summed E-state index contributed by atoms with van der Waals surface area (Å²) in [4.78, 5) is 34.0. The Labute approximate surface area is 208 Å². The summed E-state index contributed by atoms with van der Waals surface area (Å²) in [6.07, 6.45) is 15.5. The average Bonchev–Trinajstić information content (AvgIpc) is 3.14. The molecule has 3 rings (SSSR count). The molecule has 0 radical (unpaired) electrons. The summed E-state index contributed by atoms with van der Waals surface area (Å²) < 4.78 is 1.44. The first-order chi connectivity index (χ1) is 17.0. The highest BCUT2D eigenvalue weighted by Gasteiger charge is 2.12. The van der Waals surface area contributed by atoms with Gasteiger partial charge in [-0.15, -0.1) is 0 Å². The number of pyridine rings is 1. The van der Waals surface area contributed by atoms with Crippen LogP contribution in [0, 0.1) is 13.8 Å². The van der Waals surface area contributed by atoms with E-state index in [1.807, 2.05) is 26.8 Å². The van der Waals surface area contributed by atoms with Crippen LogP contribution in [-0.4, -0.2) is 27.0 Å². The maximum atomic E-state index is 12.9. The Kier molecular flexibility index (Phi) is 11.5. The Balaban J connectivity index is 0.00000210. The minimum Gasteiger partial charge on any atom is -0.365 e. The zero-order chi connectivity index (χ0) is 25.6. The van der Waals surface area contributed by atoms with E-state index in [1.165, 1.54) is 10.1 Å². The van der Waals surface area contributed by atoms with Gasteiger partial charge in [-0.3, -0.25) is 14.2 Å². The lowest BCUT2D eigenvalue weighted by Gasteiger charge is -2.13. The van der Waals surface area contributed by atoms with Crippen LogP contribution in [0.4, 0.5) is 11.6 Å². The Bertz CT molecular complexity index is 1120. The van der Waals surface area contributed by atoms with Crippen molar-refractivity contribution >= 4 is 17.5 Å². The van der Waals surface area contributed by atoms with Gasteiger partial charge in [-0.2, -0.15) is 0 Å². The summed E-state index contributed by atoms with van der Waals surface area (Å²) in [5, 5.41) is 8.96. The number of rotatable bonds is 10. The van der Waals surface area contributed by atoms with E-state index in [1.54, 1.807) is 25.5 Å². The van der Waals surface area contributed by atoms with Crippen LogP contribution in [0.3, 0.4) is 0 Å². The predicted octanol–water partition coefficient (Wildman–Crippen LogP) is 4.62. The molecule has 1 amide bonds. The molecule has 8 heteroatoms. The molecule has 0 bridgehead atoms. The minimum absolute atomic E-state index is 0.0691. The molecule has 3 N–H and O–H groups in total. The molecule has 0 atom stereocenters. The van der Waals surface area contributed by atoms with Gasteiger partial charge >= 0.3 is 0 Å². The van der Waals surface area contributed by atoms with Crippen molar-refractivity contribution in [2.45, 2.75) is 66.5 Å². The lowest BCUT2D eigenvalue weighted by atomic mass is 10.1. The lowest BCUT2D eigenvalue weighted by Crippen LogP contribution is -2.34. The third-order valence-corrected chi connectivity index (χ3v) is 5.49. The Hall–Kier alpha value is -3.68. The van der Waals surface area contributed by atoms with Gasteiger partial charge in [-0.25, -0.2) is 9.97 Å². The quantitative estimate of drug-likeness (QED) is 0.461. The molecule has 2 heterocycles. The third kappa shape index (κ3) is 8.55. The number of hydrogen-bond donors (Lipinski definition) is 3. The van der Waals surface area contributed by atoms with Crippen molar-refractivity contribution in [3.63, 3.8) is 0 Å². The van der Waals surface area contributed by atoms with E-state index in [0.717, 1.165) is 42.6 Å². The van der Waals surface area contributed by atoms with Crippen molar-refractivity contribution in [2.75, 3.05) is 17.2 Å². The number of nitrogens with one attached hydrogen (secondary N) is 3. The second-order valence-corrected chi connectivity index (χ2v) is 8.10. The van der Waals surface area contributed by atoms with Crippen molar-refractivity contribution in [2.24, 2.45) is 0 Å². The van der Waals surface area contributed by atoms with E-state index in [-0.39, 0.29) is 23.8 Å². The molecule has 0 saturated carbocycles. The van der Waals surface area contributed by atoms with Gasteiger partial charge in [-0.05, 0) is 62.9 Å². The molecule has 1 aliphatic rings. The first kappa shape index (κ1) is 27.6. The number of carbonyl (C=O) groups excluding carboxylic acids is 1. The largest absolute Gasteiger partial charge is 0.365 e. The Morgan fingerprint density at radius 2 is 1.97 bits per heavy atom. The Morgan fingerprint density at radius 1 is 1.20 bits per heavy atom.